The highest BCUT2D eigenvalue weighted by Gasteiger charge is 2.25. The first-order valence-corrected chi connectivity index (χ1v) is 11.7. The number of carbonyl (C=O) groups excluding carboxylic acids is 1. The van der Waals surface area contributed by atoms with E-state index in [0.717, 1.165) is 39.5 Å². The van der Waals surface area contributed by atoms with Crippen LogP contribution in [0.25, 0.3) is 21.0 Å². The molecule has 0 bridgehead atoms. The molecule has 0 radical (unpaired) electrons. The average Bonchev–Trinajstić information content (AvgIpc) is 3.26. The smallest absolute Gasteiger partial charge is 0.263 e. The maximum absolute atomic E-state index is 13.9. The number of nitrogens with zero attached hydrogens (tertiary/aromatic N) is 3. The van der Waals surface area contributed by atoms with Crippen LogP contribution in [0.2, 0.25) is 0 Å². The Morgan fingerprint density at radius 2 is 1.67 bits per heavy atom. The summed E-state index contributed by atoms with van der Waals surface area (Å²) in [6, 6.07) is 15.8. The normalized spacial score (nSPS) is 11.3. The zero-order chi connectivity index (χ0) is 23.5. The fourth-order valence-corrected chi connectivity index (χ4v) is 4.98. The molecular weight excluding hydrogens is 434 g/mol. The van der Waals surface area contributed by atoms with E-state index in [9.17, 15) is 4.79 Å². The number of aryl methyl sites for hydroxylation is 1. The van der Waals surface area contributed by atoms with Crippen LogP contribution in [0.3, 0.4) is 0 Å². The van der Waals surface area contributed by atoms with E-state index >= 15 is 0 Å². The predicted octanol–water partition coefficient (Wildman–Crippen LogP) is 5.37. The first-order chi connectivity index (χ1) is 15.9. The molecule has 0 saturated heterocycles. The molecule has 1 aromatic heterocycles. The standard InChI is InChI=1S/C26H29N3O3S/c1-17-11-12-21(31-4)23-24(17)33-26(27-23)29(14-8-13-28(2)3)25(30)20-15-18-9-6-7-10-19(18)16-22(20)32-5/h6-7,9-12,15-16H,8,13-14H2,1-5H3. The number of aromatic nitrogens is 1. The number of methoxy groups -OCH3 is 2. The van der Waals surface area contributed by atoms with E-state index in [1.54, 1.807) is 19.1 Å². The van der Waals surface area contributed by atoms with Gasteiger partial charge in [-0.1, -0.05) is 41.7 Å². The highest BCUT2D eigenvalue weighted by molar-refractivity contribution is 7.22. The summed E-state index contributed by atoms with van der Waals surface area (Å²) < 4.78 is 12.2. The van der Waals surface area contributed by atoms with Crippen LogP contribution in [-0.4, -0.2) is 57.2 Å². The van der Waals surface area contributed by atoms with Gasteiger partial charge in [0, 0.05) is 6.54 Å². The number of thiazole rings is 1. The third kappa shape index (κ3) is 4.65. The number of ether oxygens (including phenoxy) is 2. The summed E-state index contributed by atoms with van der Waals surface area (Å²) in [5.74, 6) is 1.15. The van der Waals surface area contributed by atoms with Crippen LogP contribution in [-0.2, 0) is 0 Å². The molecule has 0 atom stereocenters. The lowest BCUT2D eigenvalue weighted by Gasteiger charge is -2.22. The Balaban J connectivity index is 1.81. The Morgan fingerprint density at radius 1 is 0.970 bits per heavy atom. The molecule has 0 unspecified atom stereocenters. The SMILES string of the molecule is COc1cc2ccccc2cc1C(=O)N(CCCN(C)C)c1nc2c(OC)ccc(C)c2s1. The highest BCUT2D eigenvalue weighted by atomic mass is 32.1. The lowest BCUT2D eigenvalue weighted by molar-refractivity contribution is 0.0983. The van der Waals surface area contributed by atoms with Crippen molar-refractivity contribution in [3.8, 4) is 11.5 Å². The minimum atomic E-state index is -0.118. The van der Waals surface area contributed by atoms with Crippen molar-refractivity contribution in [3.05, 3.63) is 59.7 Å². The zero-order valence-corrected chi connectivity index (χ0v) is 20.5. The summed E-state index contributed by atoms with van der Waals surface area (Å²) in [5.41, 5.74) is 2.43. The Bertz CT molecular complexity index is 1300. The van der Waals surface area contributed by atoms with Gasteiger partial charge in [-0.05, 0) is 68.5 Å². The van der Waals surface area contributed by atoms with Crippen molar-refractivity contribution in [3.63, 3.8) is 0 Å². The van der Waals surface area contributed by atoms with Crippen molar-refractivity contribution in [2.24, 2.45) is 0 Å². The van der Waals surface area contributed by atoms with E-state index in [0.29, 0.717) is 28.7 Å². The summed E-state index contributed by atoms with van der Waals surface area (Å²) in [4.78, 5) is 22.7. The molecule has 0 spiro atoms. The molecule has 0 aliphatic heterocycles. The monoisotopic (exact) mass is 463 g/mol. The first-order valence-electron chi connectivity index (χ1n) is 10.9. The molecule has 172 valence electrons. The van der Waals surface area contributed by atoms with Gasteiger partial charge in [0.15, 0.2) is 5.13 Å². The van der Waals surface area contributed by atoms with E-state index in [2.05, 4.69) is 4.90 Å². The van der Waals surface area contributed by atoms with Gasteiger partial charge in [-0.15, -0.1) is 0 Å². The molecule has 0 aliphatic rings. The van der Waals surface area contributed by atoms with E-state index in [1.165, 1.54) is 11.3 Å². The summed E-state index contributed by atoms with van der Waals surface area (Å²) in [5, 5.41) is 2.69. The van der Waals surface area contributed by atoms with Crippen molar-refractivity contribution in [2.45, 2.75) is 13.3 Å². The molecular formula is C26H29N3O3S. The molecule has 0 aliphatic carbocycles. The minimum Gasteiger partial charge on any atom is -0.496 e. The van der Waals surface area contributed by atoms with Crippen LogP contribution in [0.1, 0.15) is 22.3 Å². The predicted molar refractivity (Wildman–Crippen MR) is 136 cm³/mol. The number of rotatable bonds is 8. The fraction of sp³-hybridized carbons (Fsp3) is 0.308. The van der Waals surface area contributed by atoms with Gasteiger partial charge in [0.25, 0.3) is 5.91 Å². The molecule has 3 aromatic carbocycles. The van der Waals surface area contributed by atoms with Gasteiger partial charge < -0.3 is 14.4 Å². The van der Waals surface area contributed by atoms with E-state index in [1.807, 2.05) is 69.6 Å². The van der Waals surface area contributed by atoms with Crippen molar-refractivity contribution in [2.75, 3.05) is 46.3 Å². The quantitative estimate of drug-likeness (QED) is 0.351. The van der Waals surface area contributed by atoms with Crippen molar-refractivity contribution in [1.29, 1.82) is 0 Å². The first kappa shape index (κ1) is 23.0. The molecule has 0 N–H and O–H groups in total. The molecule has 1 heterocycles. The topological polar surface area (TPSA) is 54.9 Å². The van der Waals surface area contributed by atoms with Gasteiger partial charge >= 0.3 is 0 Å². The Kier molecular flexibility index (Phi) is 6.81. The van der Waals surface area contributed by atoms with E-state index in [-0.39, 0.29) is 5.91 Å². The number of anilines is 1. The van der Waals surface area contributed by atoms with Crippen LogP contribution in [0, 0.1) is 6.92 Å². The largest absolute Gasteiger partial charge is 0.496 e. The van der Waals surface area contributed by atoms with Gasteiger partial charge in [0.2, 0.25) is 0 Å². The lowest BCUT2D eigenvalue weighted by Crippen LogP contribution is -2.33. The number of amides is 1. The third-order valence-corrected chi connectivity index (χ3v) is 6.89. The van der Waals surface area contributed by atoms with Gasteiger partial charge in [0.05, 0.1) is 24.5 Å². The Morgan fingerprint density at radius 3 is 2.33 bits per heavy atom. The third-order valence-electron chi connectivity index (χ3n) is 5.67. The van der Waals surface area contributed by atoms with Gasteiger partial charge in [0.1, 0.15) is 17.0 Å². The number of hydrogen-bond donors (Lipinski definition) is 0. The van der Waals surface area contributed by atoms with E-state index < -0.39 is 0 Å². The lowest BCUT2D eigenvalue weighted by atomic mass is 10.0. The van der Waals surface area contributed by atoms with Crippen LogP contribution in [0.5, 0.6) is 11.5 Å². The van der Waals surface area contributed by atoms with Gasteiger partial charge in [-0.3, -0.25) is 9.69 Å². The Labute approximate surface area is 198 Å². The second kappa shape index (κ2) is 9.77. The molecule has 33 heavy (non-hydrogen) atoms. The van der Waals surface area contributed by atoms with Crippen LogP contribution < -0.4 is 14.4 Å². The second-order valence-electron chi connectivity index (χ2n) is 8.27. The molecule has 0 saturated carbocycles. The second-order valence-corrected chi connectivity index (χ2v) is 9.25. The maximum Gasteiger partial charge on any atom is 0.263 e. The number of benzene rings is 3. The zero-order valence-electron chi connectivity index (χ0n) is 19.7. The Hall–Kier alpha value is -3.16. The van der Waals surface area contributed by atoms with E-state index in [4.69, 9.17) is 14.5 Å². The summed E-state index contributed by atoms with van der Waals surface area (Å²) in [6.07, 6.45) is 0.820. The molecule has 4 rings (SSSR count). The summed E-state index contributed by atoms with van der Waals surface area (Å²) in [6.45, 7) is 3.47. The maximum atomic E-state index is 13.9. The summed E-state index contributed by atoms with van der Waals surface area (Å²) in [7, 11) is 7.31. The molecule has 0 fully saturated rings. The number of hydrogen-bond acceptors (Lipinski definition) is 6. The van der Waals surface area contributed by atoms with Crippen molar-refractivity contribution < 1.29 is 14.3 Å². The van der Waals surface area contributed by atoms with Crippen LogP contribution >= 0.6 is 11.3 Å². The highest BCUT2D eigenvalue weighted by Crippen LogP contribution is 2.37. The molecule has 1 amide bonds. The summed E-state index contributed by atoms with van der Waals surface area (Å²) >= 11 is 1.52. The minimum absolute atomic E-state index is 0.118. The number of fused-ring (bicyclic) bond motifs is 2. The molecule has 7 heteroatoms. The number of carbonyl (C=O) groups is 1. The van der Waals surface area contributed by atoms with Gasteiger partial charge in [-0.25, -0.2) is 4.98 Å². The fourth-order valence-electron chi connectivity index (χ4n) is 3.91. The van der Waals surface area contributed by atoms with Crippen LogP contribution in [0.15, 0.2) is 48.5 Å². The van der Waals surface area contributed by atoms with Gasteiger partial charge in [-0.2, -0.15) is 0 Å². The van der Waals surface area contributed by atoms with Crippen molar-refractivity contribution in [1.82, 2.24) is 9.88 Å². The molecule has 4 aromatic rings. The van der Waals surface area contributed by atoms with Crippen molar-refractivity contribution >= 4 is 43.4 Å². The average molecular weight is 464 g/mol. The van der Waals surface area contributed by atoms with Crippen LogP contribution in [0.4, 0.5) is 5.13 Å². The molecule has 6 nitrogen and oxygen atoms in total.